The van der Waals surface area contributed by atoms with E-state index < -0.39 is 0 Å². The monoisotopic (exact) mass is 250 g/mol. The third-order valence-corrected chi connectivity index (χ3v) is 3.64. The van der Waals surface area contributed by atoms with Crippen molar-refractivity contribution >= 4 is 5.69 Å². The first-order valence-electron chi connectivity index (χ1n) is 6.52. The van der Waals surface area contributed by atoms with Gasteiger partial charge in [0.05, 0.1) is 13.7 Å². The number of aliphatic hydroxyl groups is 1. The average molecular weight is 250 g/mol. The number of hydrogen-bond acceptors (Lipinski definition) is 4. The molecule has 2 rings (SSSR count). The summed E-state index contributed by atoms with van der Waals surface area (Å²) in [6.45, 7) is 2.05. The molecule has 1 saturated heterocycles. The minimum absolute atomic E-state index is 0.227. The zero-order valence-electron chi connectivity index (χ0n) is 10.9. The third-order valence-electron chi connectivity index (χ3n) is 3.64. The number of ether oxygens (including phenoxy) is 1. The number of nitrogens with zero attached hydrogens (tertiary/aromatic N) is 1. The summed E-state index contributed by atoms with van der Waals surface area (Å²) >= 11 is 0. The van der Waals surface area contributed by atoms with Crippen LogP contribution in [0.25, 0.3) is 0 Å². The van der Waals surface area contributed by atoms with Crippen LogP contribution in [0, 0.1) is 0 Å². The van der Waals surface area contributed by atoms with Gasteiger partial charge in [0.25, 0.3) is 0 Å². The van der Waals surface area contributed by atoms with Crippen molar-refractivity contribution in [2.75, 3.05) is 26.0 Å². The number of hydrogen-bond donors (Lipinski definition) is 2. The maximum absolute atomic E-state index is 9.42. The summed E-state index contributed by atoms with van der Waals surface area (Å²) in [7, 11) is 1.68. The van der Waals surface area contributed by atoms with Crippen molar-refractivity contribution in [1.82, 2.24) is 4.90 Å². The molecule has 4 heteroatoms. The maximum Gasteiger partial charge on any atom is 0.123 e. The van der Waals surface area contributed by atoms with E-state index in [-0.39, 0.29) is 12.6 Å². The lowest BCUT2D eigenvalue weighted by Crippen LogP contribution is -2.41. The average Bonchev–Trinajstić information content (AvgIpc) is 2.40. The van der Waals surface area contributed by atoms with E-state index in [0.29, 0.717) is 0 Å². The molecule has 0 amide bonds. The van der Waals surface area contributed by atoms with Crippen molar-refractivity contribution in [3.63, 3.8) is 0 Å². The van der Waals surface area contributed by atoms with Gasteiger partial charge in [-0.15, -0.1) is 0 Å². The van der Waals surface area contributed by atoms with Crippen molar-refractivity contribution in [2.24, 2.45) is 0 Å². The fourth-order valence-corrected chi connectivity index (χ4v) is 2.62. The topological polar surface area (TPSA) is 58.7 Å². The van der Waals surface area contributed by atoms with Gasteiger partial charge in [0.2, 0.25) is 0 Å². The number of anilines is 1. The smallest absolute Gasteiger partial charge is 0.123 e. The highest BCUT2D eigenvalue weighted by molar-refractivity contribution is 5.47. The third kappa shape index (κ3) is 2.94. The Morgan fingerprint density at radius 1 is 1.44 bits per heavy atom. The minimum atomic E-state index is 0.227. The molecule has 0 aromatic heterocycles. The molecule has 1 aliphatic rings. The molecule has 3 N–H and O–H groups in total. The molecular weight excluding hydrogens is 228 g/mol. The van der Waals surface area contributed by atoms with Crippen LogP contribution in [-0.4, -0.2) is 36.3 Å². The van der Waals surface area contributed by atoms with Crippen LogP contribution in [0.3, 0.4) is 0 Å². The Hall–Kier alpha value is -1.26. The van der Waals surface area contributed by atoms with Crippen LogP contribution in [0.5, 0.6) is 5.75 Å². The van der Waals surface area contributed by atoms with Crippen molar-refractivity contribution in [3.8, 4) is 5.75 Å². The number of benzene rings is 1. The lowest BCUT2D eigenvalue weighted by atomic mass is 10.0. The highest BCUT2D eigenvalue weighted by atomic mass is 16.5. The van der Waals surface area contributed by atoms with Gasteiger partial charge in [0, 0.05) is 23.8 Å². The molecule has 4 nitrogen and oxygen atoms in total. The van der Waals surface area contributed by atoms with E-state index in [0.717, 1.165) is 36.5 Å². The zero-order valence-corrected chi connectivity index (χ0v) is 10.9. The molecule has 0 spiro atoms. The molecule has 0 bridgehead atoms. The first-order valence-corrected chi connectivity index (χ1v) is 6.52. The number of piperidine rings is 1. The quantitative estimate of drug-likeness (QED) is 0.797. The Morgan fingerprint density at radius 2 is 2.28 bits per heavy atom. The molecule has 1 aromatic rings. The van der Waals surface area contributed by atoms with Gasteiger partial charge in [-0.3, -0.25) is 4.90 Å². The van der Waals surface area contributed by atoms with Crippen molar-refractivity contribution < 1.29 is 9.84 Å². The van der Waals surface area contributed by atoms with Crippen LogP contribution in [0.2, 0.25) is 0 Å². The van der Waals surface area contributed by atoms with Crippen molar-refractivity contribution in [1.29, 1.82) is 0 Å². The molecule has 100 valence electrons. The summed E-state index contributed by atoms with van der Waals surface area (Å²) in [5.74, 6) is 0.867. The summed E-state index contributed by atoms with van der Waals surface area (Å²) in [6.07, 6.45) is 3.47. The van der Waals surface area contributed by atoms with Crippen LogP contribution in [-0.2, 0) is 6.54 Å². The lowest BCUT2D eigenvalue weighted by molar-refractivity contribution is 0.0834. The SMILES string of the molecule is COc1ccc(N)cc1CN1CCCCC1CO. The Labute approximate surface area is 108 Å². The number of rotatable bonds is 4. The van der Waals surface area contributed by atoms with Crippen molar-refractivity contribution in [2.45, 2.75) is 31.8 Å². The number of aliphatic hydroxyl groups excluding tert-OH is 1. The van der Waals surface area contributed by atoms with E-state index in [1.165, 1.54) is 12.8 Å². The first-order chi connectivity index (χ1) is 8.74. The van der Waals surface area contributed by atoms with Gasteiger partial charge < -0.3 is 15.6 Å². The van der Waals surface area contributed by atoms with E-state index in [9.17, 15) is 5.11 Å². The Bertz CT molecular complexity index is 395. The van der Waals surface area contributed by atoms with Gasteiger partial charge in [-0.25, -0.2) is 0 Å². The molecule has 1 heterocycles. The summed E-state index contributed by atoms with van der Waals surface area (Å²) in [6, 6.07) is 5.98. The van der Waals surface area contributed by atoms with Crippen LogP contribution in [0.15, 0.2) is 18.2 Å². The van der Waals surface area contributed by atoms with Crippen LogP contribution in [0.4, 0.5) is 5.69 Å². The summed E-state index contributed by atoms with van der Waals surface area (Å²) < 4.78 is 5.37. The molecule has 1 unspecified atom stereocenters. The maximum atomic E-state index is 9.42. The predicted molar refractivity (Wildman–Crippen MR) is 72.5 cm³/mol. The van der Waals surface area contributed by atoms with Gasteiger partial charge in [0.1, 0.15) is 5.75 Å². The standard InChI is InChI=1S/C14H22N2O2/c1-18-14-6-5-12(15)8-11(14)9-16-7-3-2-4-13(16)10-17/h5-6,8,13,17H,2-4,7,9-10,15H2,1H3. The second kappa shape index (κ2) is 6.07. The van der Waals surface area contributed by atoms with E-state index in [1.807, 2.05) is 18.2 Å². The molecule has 1 aromatic carbocycles. The van der Waals surface area contributed by atoms with E-state index >= 15 is 0 Å². The van der Waals surface area contributed by atoms with Crippen molar-refractivity contribution in [3.05, 3.63) is 23.8 Å². The highest BCUT2D eigenvalue weighted by Crippen LogP contribution is 2.26. The number of likely N-dealkylation sites (tertiary alicyclic amines) is 1. The molecule has 1 atom stereocenters. The molecular formula is C14H22N2O2. The van der Waals surface area contributed by atoms with E-state index in [4.69, 9.17) is 10.5 Å². The summed E-state index contributed by atoms with van der Waals surface area (Å²) in [5.41, 5.74) is 7.68. The van der Waals surface area contributed by atoms with Crippen LogP contribution >= 0.6 is 0 Å². The molecule has 18 heavy (non-hydrogen) atoms. The zero-order chi connectivity index (χ0) is 13.0. The van der Waals surface area contributed by atoms with Gasteiger partial charge in [0.15, 0.2) is 0 Å². The molecule has 1 fully saturated rings. The minimum Gasteiger partial charge on any atom is -0.496 e. The molecule has 1 aliphatic heterocycles. The lowest BCUT2D eigenvalue weighted by Gasteiger charge is -2.34. The molecule has 0 aliphatic carbocycles. The molecule has 0 radical (unpaired) electrons. The fraction of sp³-hybridized carbons (Fsp3) is 0.571. The number of methoxy groups -OCH3 is 1. The fourth-order valence-electron chi connectivity index (χ4n) is 2.62. The second-order valence-corrected chi connectivity index (χ2v) is 4.87. The Morgan fingerprint density at radius 3 is 3.00 bits per heavy atom. The predicted octanol–water partition coefficient (Wildman–Crippen LogP) is 1.62. The van der Waals surface area contributed by atoms with E-state index in [2.05, 4.69) is 4.90 Å². The first kappa shape index (κ1) is 13.2. The Balaban J connectivity index is 2.14. The van der Waals surface area contributed by atoms with Gasteiger partial charge >= 0.3 is 0 Å². The van der Waals surface area contributed by atoms with Crippen LogP contribution < -0.4 is 10.5 Å². The van der Waals surface area contributed by atoms with Gasteiger partial charge in [-0.2, -0.15) is 0 Å². The summed E-state index contributed by atoms with van der Waals surface area (Å²) in [4.78, 5) is 2.32. The normalized spacial score (nSPS) is 20.9. The number of nitrogen functional groups attached to an aromatic ring is 1. The molecule has 0 saturated carbocycles. The summed E-state index contributed by atoms with van der Waals surface area (Å²) in [5, 5.41) is 9.42. The highest BCUT2D eigenvalue weighted by Gasteiger charge is 2.22. The van der Waals surface area contributed by atoms with Gasteiger partial charge in [-0.05, 0) is 37.6 Å². The second-order valence-electron chi connectivity index (χ2n) is 4.87. The largest absolute Gasteiger partial charge is 0.496 e. The number of nitrogens with two attached hydrogens (primary N) is 1. The van der Waals surface area contributed by atoms with Gasteiger partial charge in [-0.1, -0.05) is 6.42 Å². The van der Waals surface area contributed by atoms with Crippen LogP contribution in [0.1, 0.15) is 24.8 Å². The van der Waals surface area contributed by atoms with E-state index in [1.54, 1.807) is 7.11 Å². The Kier molecular flexibility index (Phi) is 4.44.